The van der Waals surface area contributed by atoms with Gasteiger partial charge in [-0.2, -0.15) is 0 Å². The molecular formula is C22H26N2O3. The van der Waals surface area contributed by atoms with Crippen molar-refractivity contribution in [2.75, 3.05) is 20.7 Å². The van der Waals surface area contributed by atoms with Crippen molar-refractivity contribution >= 4 is 17.2 Å². The Bertz CT molecular complexity index is 917. The number of unbranched alkanes of at least 4 members (excludes halogenated alkanes) is 1. The van der Waals surface area contributed by atoms with Gasteiger partial charge in [-0.25, -0.2) is 0 Å². The second-order valence-corrected chi connectivity index (χ2v) is 6.89. The van der Waals surface area contributed by atoms with Crippen LogP contribution in [-0.2, 0) is 13.1 Å². The van der Waals surface area contributed by atoms with E-state index in [2.05, 4.69) is 16.5 Å². The van der Waals surface area contributed by atoms with Crippen LogP contribution < -0.4 is 4.74 Å². The molecule has 1 aromatic heterocycles. The van der Waals surface area contributed by atoms with Gasteiger partial charge in [-0.1, -0.05) is 12.1 Å². The summed E-state index contributed by atoms with van der Waals surface area (Å²) in [6, 6.07) is 13.2. The third kappa shape index (κ3) is 4.68. The molecule has 5 nitrogen and oxygen atoms in total. The Hall–Kier alpha value is -2.79. The number of phenols is 1. The van der Waals surface area contributed by atoms with E-state index < -0.39 is 0 Å². The van der Waals surface area contributed by atoms with Gasteiger partial charge in [-0.3, -0.25) is 4.79 Å². The summed E-state index contributed by atoms with van der Waals surface area (Å²) in [5, 5.41) is 10.5. The van der Waals surface area contributed by atoms with Gasteiger partial charge in [-0.05, 0) is 62.3 Å². The number of methoxy groups -OCH3 is 1. The first-order chi connectivity index (χ1) is 13.1. The molecule has 0 spiro atoms. The van der Waals surface area contributed by atoms with E-state index in [1.807, 2.05) is 36.5 Å². The lowest BCUT2D eigenvalue weighted by Gasteiger charge is -2.17. The van der Waals surface area contributed by atoms with Gasteiger partial charge in [0.25, 0.3) is 0 Å². The number of hydrogen-bond donors (Lipinski definition) is 1. The van der Waals surface area contributed by atoms with Gasteiger partial charge in [0.1, 0.15) is 11.5 Å². The maximum Gasteiger partial charge on any atom is 0.152 e. The van der Waals surface area contributed by atoms with E-state index in [4.69, 9.17) is 4.74 Å². The van der Waals surface area contributed by atoms with Crippen LogP contribution in [0.1, 0.15) is 28.8 Å². The number of carbonyl (C=O) groups excluding carboxylic acids is 1. The summed E-state index contributed by atoms with van der Waals surface area (Å²) >= 11 is 0. The SMILES string of the molecule is COc1ccc2c(c1)c(C=O)cn2CCCCN(C)Cc1cccc(O)c1. The molecule has 27 heavy (non-hydrogen) atoms. The third-order valence-corrected chi connectivity index (χ3v) is 4.80. The molecule has 0 bridgehead atoms. The van der Waals surface area contributed by atoms with Crippen molar-refractivity contribution in [3.05, 3.63) is 59.8 Å². The topological polar surface area (TPSA) is 54.7 Å². The summed E-state index contributed by atoms with van der Waals surface area (Å²) in [5.41, 5.74) is 2.87. The van der Waals surface area contributed by atoms with Crippen molar-refractivity contribution in [3.8, 4) is 11.5 Å². The predicted octanol–water partition coefficient (Wildman–Crippen LogP) is 4.08. The summed E-state index contributed by atoms with van der Waals surface area (Å²) in [7, 11) is 3.72. The zero-order valence-electron chi connectivity index (χ0n) is 15.9. The van der Waals surface area contributed by atoms with E-state index in [1.54, 1.807) is 19.2 Å². The monoisotopic (exact) mass is 366 g/mol. The number of nitrogens with zero attached hydrogens (tertiary/aromatic N) is 2. The van der Waals surface area contributed by atoms with Crippen LogP contribution in [0.25, 0.3) is 10.9 Å². The highest BCUT2D eigenvalue weighted by Gasteiger charge is 2.09. The maximum absolute atomic E-state index is 11.4. The highest BCUT2D eigenvalue weighted by molar-refractivity contribution is 5.98. The molecule has 0 atom stereocenters. The number of aryl methyl sites for hydroxylation is 1. The number of fused-ring (bicyclic) bond motifs is 1. The quantitative estimate of drug-likeness (QED) is 0.458. The molecule has 0 aliphatic rings. The zero-order chi connectivity index (χ0) is 19.2. The molecule has 0 saturated heterocycles. The van der Waals surface area contributed by atoms with Gasteiger partial charge in [0.15, 0.2) is 6.29 Å². The number of phenolic OH excluding ortho intramolecular Hbond substituents is 1. The molecule has 5 heteroatoms. The summed E-state index contributed by atoms with van der Waals surface area (Å²) in [5.74, 6) is 1.07. The predicted molar refractivity (Wildman–Crippen MR) is 108 cm³/mol. The number of ether oxygens (including phenoxy) is 1. The lowest BCUT2D eigenvalue weighted by Crippen LogP contribution is -2.19. The molecule has 1 heterocycles. The fourth-order valence-electron chi connectivity index (χ4n) is 3.42. The van der Waals surface area contributed by atoms with Gasteiger partial charge >= 0.3 is 0 Å². The largest absolute Gasteiger partial charge is 0.508 e. The Balaban J connectivity index is 1.55. The highest BCUT2D eigenvalue weighted by atomic mass is 16.5. The second kappa shape index (κ2) is 8.73. The Kier molecular flexibility index (Phi) is 6.14. The van der Waals surface area contributed by atoms with Crippen molar-refractivity contribution < 1.29 is 14.6 Å². The van der Waals surface area contributed by atoms with Crippen LogP contribution in [0.2, 0.25) is 0 Å². The average Bonchev–Trinajstić information content (AvgIpc) is 3.02. The van der Waals surface area contributed by atoms with Crippen LogP contribution in [0.3, 0.4) is 0 Å². The second-order valence-electron chi connectivity index (χ2n) is 6.89. The van der Waals surface area contributed by atoms with Crippen molar-refractivity contribution in [2.24, 2.45) is 0 Å². The van der Waals surface area contributed by atoms with Crippen LogP contribution in [-0.4, -0.2) is 41.6 Å². The van der Waals surface area contributed by atoms with E-state index in [1.165, 1.54) is 0 Å². The lowest BCUT2D eigenvalue weighted by molar-refractivity contribution is 0.112. The van der Waals surface area contributed by atoms with Crippen LogP contribution in [0.4, 0.5) is 0 Å². The summed E-state index contributed by atoms with van der Waals surface area (Å²) in [6.07, 6.45) is 4.91. The average molecular weight is 366 g/mol. The van der Waals surface area contributed by atoms with Crippen LogP contribution in [0.5, 0.6) is 11.5 Å². The number of aromatic nitrogens is 1. The molecule has 3 rings (SSSR count). The van der Waals surface area contributed by atoms with Crippen LogP contribution in [0.15, 0.2) is 48.7 Å². The van der Waals surface area contributed by atoms with Gasteiger partial charge in [0.2, 0.25) is 0 Å². The first-order valence-corrected chi connectivity index (χ1v) is 9.19. The minimum atomic E-state index is 0.308. The minimum absolute atomic E-state index is 0.308. The number of rotatable bonds is 9. The number of aromatic hydroxyl groups is 1. The molecule has 0 aliphatic heterocycles. The zero-order valence-corrected chi connectivity index (χ0v) is 15.9. The molecule has 0 fully saturated rings. The summed E-state index contributed by atoms with van der Waals surface area (Å²) in [4.78, 5) is 13.6. The molecular weight excluding hydrogens is 340 g/mol. The van der Waals surface area contributed by atoms with Gasteiger partial charge in [0, 0.05) is 35.8 Å². The Labute approximate surface area is 159 Å². The molecule has 0 aliphatic carbocycles. The highest BCUT2D eigenvalue weighted by Crippen LogP contribution is 2.25. The van der Waals surface area contributed by atoms with E-state index in [-0.39, 0.29) is 0 Å². The Morgan fingerprint density at radius 2 is 2.04 bits per heavy atom. The molecule has 1 N–H and O–H groups in total. The minimum Gasteiger partial charge on any atom is -0.508 e. The van der Waals surface area contributed by atoms with Gasteiger partial charge in [0.05, 0.1) is 7.11 Å². The van der Waals surface area contributed by atoms with Crippen molar-refractivity contribution in [1.82, 2.24) is 9.47 Å². The first-order valence-electron chi connectivity index (χ1n) is 9.19. The lowest BCUT2D eigenvalue weighted by atomic mass is 10.2. The number of benzene rings is 2. The third-order valence-electron chi connectivity index (χ3n) is 4.80. The van der Waals surface area contributed by atoms with E-state index >= 15 is 0 Å². The maximum atomic E-state index is 11.4. The molecule has 0 radical (unpaired) electrons. The fourth-order valence-corrected chi connectivity index (χ4v) is 3.42. The molecule has 0 unspecified atom stereocenters. The van der Waals surface area contributed by atoms with Crippen molar-refractivity contribution in [2.45, 2.75) is 25.9 Å². The Morgan fingerprint density at radius 1 is 1.19 bits per heavy atom. The number of aldehydes is 1. The number of hydrogen-bond acceptors (Lipinski definition) is 4. The van der Waals surface area contributed by atoms with Gasteiger partial charge in [-0.15, -0.1) is 0 Å². The first kappa shape index (κ1) is 19.0. The molecule has 142 valence electrons. The molecule has 0 amide bonds. The smallest absolute Gasteiger partial charge is 0.152 e. The van der Waals surface area contributed by atoms with Crippen LogP contribution in [0, 0.1) is 0 Å². The fraction of sp³-hybridized carbons (Fsp3) is 0.318. The van der Waals surface area contributed by atoms with Gasteiger partial charge < -0.3 is 19.3 Å². The number of carbonyl (C=O) groups is 1. The molecule has 0 saturated carbocycles. The standard InChI is InChI=1S/C22H26N2O3/c1-23(14-17-6-5-7-19(26)12-17)10-3-4-11-24-15-18(16-25)21-13-20(27-2)8-9-22(21)24/h5-9,12-13,15-16,26H,3-4,10-11,14H2,1-2H3. The molecule has 3 aromatic rings. The Morgan fingerprint density at radius 3 is 2.78 bits per heavy atom. The van der Waals surface area contributed by atoms with Crippen molar-refractivity contribution in [1.29, 1.82) is 0 Å². The summed E-state index contributed by atoms with van der Waals surface area (Å²) < 4.78 is 7.41. The van der Waals surface area contributed by atoms with E-state index in [0.717, 1.165) is 61.0 Å². The van der Waals surface area contributed by atoms with Crippen molar-refractivity contribution in [3.63, 3.8) is 0 Å². The van der Waals surface area contributed by atoms with E-state index in [9.17, 15) is 9.90 Å². The normalized spacial score (nSPS) is 11.2. The van der Waals surface area contributed by atoms with Crippen LogP contribution >= 0.6 is 0 Å². The van der Waals surface area contributed by atoms with E-state index in [0.29, 0.717) is 11.3 Å². The molecule has 2 aromatic carbocycles. The summed E-state index contributed by atoms with van der Waals surface area (Å²) in [6.45, 7) is 2.66.